The number of aromatic nitrogens is 1. The molecule has 79 valence electrons. The summed E-state index contributed by atoms with van der Waals surface area (Å²) in [6, 6.07) is 14.3. The molecule has 0 unspecified atom stereocenters. The van der Waals surface area contributed by atoms with Crippen molar-refractivity contribution in [2.75, 3.05) is 0 Å². The predicted molar refractivity (Wildman–Crippen MR) is 63.2 cm³/mol. The maximum atomic E-state index is 7.82. The first-order valence-corrected chi connectivity index (χ1v) is 5.04. The second-order valence-electron chi connectivity index (χ2n) is 3.37. The van der Waals surface area contributed by atoms with Crippen LogP contribution in [0.4, 0.5) is 0 Å². The Bertz CT molecular complexity index is 451. The molecule has 1 aromatic carbocycles. The molecule has 0 aliphatic carbocycles. The Morgan fingerprint density at radius 2 is 2.25 bits per heavy atom. The summed E-state index contributed by atoms with van der Waals surface area (Å²) in [5.41, 5.74) is 1.83. The minimum Gasteiger partial charge on any atom is -0.366 e. The highest BCUT2D eigenvalue weighted by molar-refractivity contribution is 5.95. The summed E-state index contributed by atoms with van der Waals surface area (Å²) in [7, 11) is 0. The number of hydrogen-bond donors (Lipinski definition) is 2. The summed E-state index contributed by atoms with van der Waals surface area (Å²) >= 11 is 0. The Hall–Kier alpha value is -2.16. The molecule has 0 saturated carbocycles. The number of rotatable bonds is 3. The van der Waals surface area contributed by atoms with Crippen molar-refractivity contribution in [3.63, 3.8) is 0 Å². The van der Waals surface area contributed by atoms with Crippen molar-refractivity contribution in [1.29, 1.82) is 5.41 Å². The van der Waals surface area contributed by atoms with Crippen LogP contribution < -0.4 is 5.32 Å². The van der Waals surface area contributed by atoms with Crippen molar-refractivity contribution in [1.82, 2.24) is 10.3 Å². The van der Waals surface area contributed by atoms with Crippen molar-refractivity contribution in [3.05, 3.63) is 66.0 Å². The van der Waals surface area contributed by atoms with E-state index < -0.39 is 0 Å². The zero-order chi connectivity index (χ0) is 11.2. The number of nitrogens with zero attached hydrogens (tertiary/aromatic N) is 1. The summed E-state index contributed by atoms with van der Waals surface area (Å²) in [5, 5.41) is 10.8. The minimum absolute atomic E-state index is 0.379. The summed E-state index contributed by atoms with van der Waals surface area (Å²) in [5.74, 6) is 0.379. The molecule has 1 radical (unpaired) electrons. The maximum absolute atomic E-state index is 7.82. The first-order valence-electron chi connectivity index (χ1n) is 5.04. The van der Waals surface area contributed by atoms with Gasteiger partial charge in [-0.25, -0.2) is 0 Å². The molecule has 0 aliphatic heterocycles. The largest absolute Gasteiger partial charge is 0.366 e. The predicted octanol–water partition coefficient (Wildman–Crippen LogP) is 2.00. The maximum Gasteiger partial charge on any atom is 0.126 e. The van der Waals surface area contributed by atoms with Crippen LogP contribution in [0.1, 0.15) is 11.1 Å². The first-order chi connectivity index (χ1) is 7.86. The average molecular weight is 210 g/mol. The van der Waals surface area contributed by atoms with Gasteiger partial charge >= 0.3 is 0 Å². The van der Waals surface area contributed by atoms with E-state index in [2.05, 4.69) is 16.4 Å². The lowest BCUT2D eigenvalue weighted by Crippen LogP contribution is -2.22. The molecule has 3 nitrogen and oxygen atoms in total. The highest BCUT2D eigenvalue weighted by atomic mass is 14.9. The van der Waals surface area contributed by atoms with Crippen LogP contribution in [0, 0.1) is 11.5 Å². The lowest BCUT2D eigenvalue weighted by molar-refractivity contribution is 0.900. The normalized spacial score (nSPS) is 9.75. The monoisotopic (exact) mass is 210 g/mol. The van der Waals surface area contributed by atoms with Crippen molar-refractivity contribution in [2.24, 2.45) is 0 Å². The topological polar surface area (TPSA) is 48.8 Å². The van der Waals surface area contributed by atoms with Crippen molar-refractivity contribution in [2.45, 2.75) is 6.54 Å². The summed E-state index contributed by atoms with van der Waals surface area (Å²) < 4.78 is 0. The van der Waals surface area contributed by atoms with E-state index in [1.165, 1.54) is 0 Å². The fourth-order valence-electron chi connectivity index (χ4n) is 1.34. The molecule has 0 spiro atoms. The van der Waals surface area contributed by atoms with Gasteiger partial charge in [-0.1, -0.05) is 30.3 Å². The third-order valence-corrected chi connectivity index (χ3v) is 2.17. The SMILES string of the molecule is N=C(NCc1cccnc1)c1[c]cccc1. The van der Waals surface area contributed by atoms with E-state index in [0.717, 1.165) is 11.1 Å². The summed E-state index contributed by atoms with van der Waals surface area (Å²) in [6.45, 7) is 0.607. The quantitative estimate of drug-likeness (QED) is 0.601. The zero-order valence-electron chi connectivity index (χ0n) is 8.77. The average Bonchev–Trinajstić information content (AvgIpc) is 2.38. The Morgan fingerprint density at radius 1 is 1.31 bits per heavy atom. The van der Waals surface area contributed by atoms with Gasteiger partial charge in [-0.05, 0) is 17.7 Å². The molecule has 2 N–H and O–H groups in total. The second-order valence-corrected chi connectivity index (χ2v) is 3.37. The molecular formula is C13H12N3. The molecule has 0 fully saturated rings. The molecule has 0 saturated heterocycles. The molecule has 0 aliphatic rings. The van der Waals surface area contributed by atoms with Gasteiger partial charge in [0.15, 0.2) is 0 Å². The number of hydrogen-bond acceptors (Lipinski definition) is 2. The fraction of sp³-hybridized carbons (Fsp3) is 0.0769. The Kier molecular flexibility index (Phi) is 3.28. The van der Waals surface area contributed by atoms with Gasteiger partial charge in [-0.3, -0.25) is 10.4 Å². The van der Waals surface area contributed by atoms with E-state index in [-0.39, 0.29) is 0 Å². The van der Waals surface area contributed by atoms with Gasteiger partial charge in [0.2, 0.25) is 0 Å². The van der Waals surface area contributed by atoms with Crippen LogP contribution >= 0.6 is 0 Å². The molecule has 1 aromatic heterocycles. The van der Waals surface area contributed by atoms with Gasteiger partial charge < -0.3 is 5.32 Å². The van der Waals surface area contributed by atoms with Crippen LogP contribution in [0.5, 0.6) is 0 Å². The molecule has 16 heavy (non-hydrogen) atoms. The van der Waals surface area contributed by atoms with E-state index in [9.17, 15) is 0 Å². The Morgan fingerprint density at radius 3 is 2.94 bits per heavy atom. The molecule has 0 amide bonds. The van der Waals surface area contributed by atoms with Crippen molar-refractivity contribution in [3.8, 4) is 0 Å². The van der Waals surface area contributed by atoms with E-state index >= 15 is 0 Å². The van der Waals surface area contributed by atoms with Crippen LogP contribution in [0.15, 0.2) is 48.8 Å². The van der Waals surface area contributed by atoms with Gasteiger partial charge in [0.05, 0.1) is 0 Å². The van der Waals surface area contributed by atoms with Crippen LogP contribution in [0.25, 0.3) is 0 Å². The molecule has 0 bridgehead atoms. The van der Waals surface area contributed by atoms with Gasteiger partial charge in [-0.2, -0.15) is 0 Å². The third kappa shape index (κ3) is 2.67. The second kappa shape index (κ2) is 5.07. The number of amidine groups is 1. The highest BCUT2D eigenvalue weighted by Crippen LogP contribution is 1.99. The minimum atomic E-state index is 0.379. The standard InChI is InChI=1S/C13H12N3/c14-13(12-6-2-1-3-7-12)16-10-11-5-4-8-15-9-11/h1-6,8-9H,10H2,(H2,14,16). The fourth-order valence-corrected chi connectivity index (χ4v) is 1.34. The van der Waals surface area contributed by atoms with E-state index in [1.54, 1.807) is 18.5 Å². The molecule has 0 atom stereocenters. The van der Waals surface area contributed by atoms with Crippen molar-refractivity contribution < 1.29 is 0 Å². The Balaban J connectivity index is 1.95. The number of benzene rings is 1. The smallest absolute Gasteiger partial charge is 0.126 e. The Labute approximate surface area is 94.7 Å². The van der Waals surface area contributed by atoms with Crippen LogP contribution in [0.2, 0.25) is 0 Å². The lowest BCUT2D eigenvalue weighted by Gasteiger charge is -2.07. The molecular weight excluding hydrogens is 198 g/mol. The van der Waals surface area contributed by atoms with Crippen LogP contribution in [0.3, 0.4) is 0 Å². The summed E-state index contributed by atoms with van der Waals surface area (Å²) in [6.07, 6.45) is 3.52. The van der Waals surface area contributed by atoms with Crippen molar-refractivity contribution >= 4 is 5.84 Å². The number of pyridine rings is 1. The third-order valence-electron chi connectivity index (χ3n) is 2.17. The zero-order valence-corrected chi connectivity index (χ0v) is 8.77. The molecule has 3 heteroatoms. The van der Waals surface area contributed by atoms with Gasteiger partial charge in [0, 0.05) is 24.5 Å². The molecule has 1 heterocycles. The molecule has 2 rings (SSSR count). The highest BCUT2D eigenvalue weighted by Gasteiger charge is 1.99. The van der Waals surface area contributed by atoms with Crippen LogP contribution in [-0.2, 0) is 6.54 Å². The molecule has 2 aromatic rings. The van der Waals surface area contributed by atoms with E-state index in [0.29, 0.717) is 12.4 Å². The lowest BCUT2D eigenvalue weighted by atomic mass is 10.2. The van der Waals surface area contributed by atoms with Gasteiger partial charge in [0.25, 0.3) is 0 Å². The number of nitrogens with one attached hydrogen (secondary N) is 2. The van der Waals surface area contributed by atoms with E-state index in [1.807, 2.05) is 30.3 Å². The summed E-state index contributed by atoms with van der Waals surface area (Å²) in [4.78, 5) is 4.02. The first kappa shape index (κ1) is 10.4. The van der Waals surface area contributed by atoms with Gasteiger partial charge in [-0.15, -0.1) is 0 Å². The van der Waals surface area contributed by atoms with Crippen LogP contribution in [-0.4, -0.2) is 10.8 Å². The van der Waals surface area contributed by atoms with E-state index in [4.69, 9.17) is 5.41 Å². The van der Waals surface area contributed by atoms with Gasteiger partial charge in [0.1, 0.15) is 5.84 Å².